The van der Waals surface area contributed by atoms with Crippen molar-refractivity contribution in [3.05, 3.63) is 0 Å². The third kappa shape index (κ3) is 3.44. The van der Waals surface area contributed by atoms with Crippen LogP contribution in [0, 0.1) is 5.41 Å². The lowest BCUT2D eigenvalue weighted by atomic mass is 9.85. The second kappa shape index (κ2) is 5.84. The second-order valence-corrected chi connectivity index (χ2v) is 3.25. The van der Waals surface area contributed by atoms with Crippen molar-refractivity contribution in [2.75, 3.05) is 19.1 Å². The Morgan fingerprint density at radius 2 is 1.73 bits per heavy atom. The molecular formula is C9H19ClO. The van der Waals surface area contributed by atoms with Crippen LogP contribution in [-0.4, -0.2) is 19.1 Å². The minimum absolute atomic E-state index is 0.220. The maximum Gasteiger partial charge on any atom is 0.0533 e. The van der Waals surface area contributed by atoms with Gasteiger partial charge in [-0.2, -0.15) is 0 Å². The summed E-state index contributed by atoms with van der Waals surface area (Å²) in [5.41, 5.74) is 0.220. The van der Waals surface area contributed by atoms with Gasteiger partial charge in [0.15, 0.2) is 0 Å². The highest BCUT2D eigenvalue weighted by atomic mass is 35.5. The van der Waals surface area contributed by atoms with E-state index in [1.54, 1.807) is 0 Å². The van der Waals surface area contributed by atoms with Gasteiger partial charge in [0.05, 0.1) is 6.61 Å². The van der Waals surface area contributed by atoms with Gasteiger partial charge in [0, 0.05) is 17.9 Å². The highest BCUT2D eigenvalue weighted by Gasteiger charge is 2.24. The molecule has 0 aliphatic heterocycles. The van der Waals surface area contributed by atoms with E-state index in [0.717, 1.165) is 26.1 Å². The molecule has 0 amide bonds. The molecule has 0 radical (unpaired) electrons. The van der Waals surface area contributed by atoms with Crippen molar-refractivity contribution in [3.8, 4) is 0 Å². The van der Waals surface area contributed by atoms with Gasteiger partial charge in [0.1, 0.15) is 0 Å². The van der Waals surface area contributed by atoms with Crippen LogP contribution >= 0.6 is 11.6 Å². The maximum absolute atomic E-state index is 5.88. The molecule has 0 spiro atoms. The van der Waals surface area contributed by atoms with Gasteiger partial charge in [-0.3, -0.25) is 0 Å². The molecule has 0 bridgehead atoms. The Hall–Kier alpha value is 0.250. The molecule has 0 saturated heterocycles. The van der Waals surface area contributed by atoms with E-state index in [4.69, 9.17) is 16.3 Å². The molecule has 0 aromatic rings. The topological polar surface area (TPSA) is 9.23 Å². The summed E-state index contributed by atoms with van der Waals surface area (Å²) in [6.07, 6.45) is 2.21. The zero-order chi connectivity index (χ0) is 8.74. The standard InChI is InChI=1S/C9H19ClO/c1-4-9(5-2,7-10)8-11-6-3/h4-8H2,1-3H3. The molecule has 11 heavy (non-hydrogen) atoms. The van der Waals surface area contributed by atoms with Gasteiger partial charge < -0.3 is 4.74 Å². The molecule has 0 heterocycles. The SMILES string of the molecule is CCOCC(CC)(CC)CCl. The van der Waals surface area contributed by atoms with Gasteiger partial charge in [0.2, 0.25) is 0 Å². The molecule has 0 saturated carbocycles. The fourth-order valence-corrected chi connectivity index (χ4v) is 1.46. The Morgan fingerprint density at radius 1 is 1.18 bits per heavy atom. The minimum atomic E-state index is 0.220. The molecule has 0 rings (SSSR count). The van der Waals surface area contributed by atoms with E-state index in [9.17, 15) is 0 Å². The number of hydrogen-bond donors (Lipinski definition) is 0. The van der Waals surface area contributed by atoms with Crippen molar-refractivity contribution in [2.24, 2.45) is 5.41 Å². The highest BCUT2D eigenvalue weighted by Crippen LogP contribution is 2.27. The van der Waals surface area contributed by atoms with Gasteiger partial charge in [-0.25, -0.2) is 0 Å². The Bertz CT molecular complexity index is 81.3. The number of hydrogen-bond acceptors (Lipinski definition) is 1. The van der Waals surface area contributed by atoms with E-state index in [1.165, 1.54) is 0 Å². The highest BCUT2D eigenvalue weighted by molar-refractivity contribution is 6.18. The third-order valence-electron chi connectivity index (χ3n) is 2.40. The number of alkyl halides is 1. The van der Waals surface area contributed by atoms with E-state index in [0.29, 0.717) is 5.88 Å². The molecule has 0 fully saturated rings. The van der Waals surface area contributed by atoms with Crippen molar-refractivity contribution in [1.29, 1.82) is 0 Å². The quantitative estimate of drug-likeness (QED) is 0.568. The first kappa shape index (κ1) is 11.2. The summed E-state index contributed by atoms with van der Waals surface area (Å²) in [4.78, 5) is 0. The summed E-state index contributed by atoms with van der Waals surface area (Å²) in [5.74, 6) is 0.708. The molecule has 0 aromatic carbocycles. The van der Waals surface area contributed by atoms with Crippen LogP contribution in [0.2, 0.25) is 0 Å². The number of halogens is 1. The van der Waals surface area contributed by atoms with Gasteiger partial charge in [-0.15, -0.1) is 11.6 Å². The van der Waals surface area contributed by atoms with Crippen molar-refractivity contribution >= 4 is 11.6 Å². The fourth-order valence-electron chi connectivity index (χ4n) is 1.00. The molecule has 0 atom stereocenters. The first-order valence-electron chi connectivity index (χ1n) is 4.38. The zero-order valence-electron chi connectivity index (χ0n) is 7.82. The van der Waals surface area contributed by atoms with Crippen LogP contribution in [0.25, 0.3) is 0 Å². The van der Waals surface area contributed by atoms with Crippen LogP contribution in [-0.2, 0) is 4.74 Å². The molecule has 0 aliphatic carbocycles. The summed E-state index contributed by atoms with van der Waals surface area (Å²) in [5, 5.41) is 0. The average Bonchev–Trinajstić information content (AvgIpc) is 2.08. The van der Waals surface area contributed by atoms with E-state index < -0.39 is 0 Å². The van der Waals surface area contributed by atoms with Crippen LogP contribution in [0.4, 0.5) is 0 Å². The van der Waals surface area contributed by atoms with Gasteiger partial charge in [-0.05, 0) is 19.8 Å². The van der Waals surface area contributed by atoms with Crippen LogP contribution < -0.4 is 0 Å². The predicted octanol–water partition coefficient (Wildman–Crippen LogP) is 3.07. The van der Waals surface area contributed by atoms with Crippen molar-refractivity contribution < 1.29 is 4.74 Å². The first-order chi connectivity index (χ1) is 5.24. The van der Waals surface area contributed by atoms with E-state index in [-0.39, 0.29) is 5.41 Å². The van der Waals surface area contributed by atoms with E-state index in [2.05, 4.69) is 13.8 Å². The van der Waals surface area contributed by atoms with Gasteiger partial charge in [-0.1, -0.05) is 13.8 Å². The molecule has 2 heteroatoms. The largest absolute Gasteiger partial charge is 0.381 e. The van der Waals surface area contributed by atoms with Crippen molar-refractivity contribution in [3.63, 3.8) is 0 Å². The van der Waals surface area contributed by atoms with E-state index >= 15 is 0 Å². The second-order valence-electron chi connectivity index (χ2n) is 2.98. The van der Waals surface area contributed by atoms with Crippen molar-refractivity contribution in [1.82, 2.24) is 0 Å². The van der Waals surface area contributed by atoms with E-state index in [1.807, 2.05) is 6.92 Å². The Morgan fingerprint density at radius 3 is 2.00 bits per heavy atom. The maximum atomic E-state index is 5.88. The van der Waals surface area contributed by atoms with Crippen molar-refractivity contribution in [2.45, 2.75) is 33.6 Å². The summed E-state index contributed by atoms with van der Waals surface area (Å²) >= 11 is 5.88. The molecule has 1 nitrogen and oxygen atoms in total. The summed E-state index contributed by atoms with van der Waals surface area (Å²) < 4.78 is 5.39. The van der Waals surface area contributed by atoms with Crippen LogP contribution in [0.15, 0.2) is 0 Å². The lowest BCUT2D eigenvalue weighted by molar-refractivity contribution is 0.0581. The molecule has 0 N–H and O–H groups in total. The minimum Gasteiger partial charge on any atom is -0.381 e. The lowest BCUT2D eigenvalue weighted by Crippen LogP contribution is -2.27. The van der Waals surface area contributed by atoms with Crippen LogP contribution in [0.5, 0.6) is 0 Å². The smallest absolute Gasteiger partial charge is 0.0533 e. The monoisotopic (exact) mass is 178 g/mol. The Labute approximate surface area is 75.1 Å². The molecular weight excluding hydrogens is 160 g/mol. The predicted molar refractivity (Wildman–Crippen MR) is 50.2 cm³/mol. The van der Waals surface area contributed by atoms with Crippen LogP contribution in [0.3, 0.4) is 0 Å². The third-order valence-corrected chi connectivity index (χ3v) is 2.96. The summed E-state index contributed by atoms with van der Waals surface area (Å²) in [7, 11) is 0. The fraction of sp³-hybridized carbons (Fsp3) is 1.00. The van der Waals surface area contributed by atoms with Gasteiger partial charge >= 0.3 is 0 Å². The molecule has 0 aliphatic rings. The van der Waals surface area contributed by atoms with Crippen LogP contribution in [0.1, 0.15) is 33.6 Å². The lowest BCUT2D eigenvalue weighted by Gasteiger charge is -2.28. The normalized spacial score (nSPS) is 12.0. The van der Waals surface area contributed by atoms with Gasteiger partial charge in [0.25, 0.3) is 0 Å². The molecule has 0 unspecified atom stereocenters. The number of rotatable bonds is 6. The Balaban J connectivity index is 3.84. The first-order valence-corrected chi connectivity index (χ1v) is 4.91. The molecule has 0 aromatic heterocycles. The molecule has 68 valence electrons. The Kier molecular flexibility index (Phi) is 5.98. The average molecular weight is 179 g/mol. The summed E-state index contributed by atoms with van der Waals surface area (Å²) in [6, 6.07) is 0. The number of ether oxygens (including phenoxy) is 1. The zero-order valence-corrected chi connectivity index (χ0v) is 8.58. The summed E-state index contributed by atoms with van der Waals surface area (Å²) in [6.45, 7) is 7.96.